The van der Waals surface area contributed by atoms with E-state index in [9.17, 15) is 18.4 Å². The first kappa shape index (κ1) is 14.9. The lowest BCUT2D eigenvalue weighted by Gasteiger charge is -2.13. The maximum Gasteiger partial charge on any atom is 0.341 e. The summed E-state index contributed by atoms with van der Waals surface area (Å²) in [4.78, 5) is 23.0. The number of nitrogens with two attached hydrogens (primary N) is 1. The van der Waals surface area contributed by atoms with E-state index in [1.54, 1.807) is 6.92 Å². The van der Waals surface area contributed by atoms with E-state index in [0.717, 1.165) is 0 Å². The first-order valence-corrected chi connectivity index (χ1v) is 5.60. The van der Waals surface area contributed by atoms with Crippen molar-refractivity contribution in [2.75, 3.05) is 12.3 Å². The average Bonchev–Trinajstić information content (AvgIpc) is 2.33. The van der Waals surface area contributed by atoms with Crippen LogP contribution < -0.4 is 11.1 Å². The molecule has 0 aliphatic carbocycles. The van der Waals surface area contributed by atoms with Crippen LogP contribution in [0.4, 0.5) is 14.5 Å². The van der Waals surface area contributed by atoms with E-state index in [1.165, 1.54) is 6.92 Å². The Labute approximate surface area is 108 Å². The summed E-state index contributed by atoms with van der Waals surface area (Å²) in [5, 5.41) is 2.46. The zero-order valence-electron chi connectivity index (χ0n) is 10.5. The van der Waals surface area contributed by atoms with Crippen molar-refractivity contribution in [2.45, 2.75) is 20.0 Å². The SMILES string of the molecule is CCNC(=O)C(C)OC(=O)c1cc(F)c(F)cc1N. The number of esters is 1. The number of nitrogen functional groups attached to an aromatic ring is 1. The third kappa shape index (κ3) is 3.64. The van der Waals surface area contributed by atoms with Crippen LogP contribution in [0, 0.1) is 11.6 Å². The molecule has 0 fully saturated rings. The molecule has 19 heavy (non-hydrogen) atoms. The highest BCUT2D eigenvalue weighted by molar-refractivity contribution is 5.96. The van der Waals surface area contributed by atoms with E-state index in [-0.39, 0.29) is 11.3 Å². The number of ether oxygens (including phenoxy) is 1. The molecule has 0 aromatic heterocycles. The fraction of sp³-hybridized carbons (Fsp3) is 0.333. The molecular weight excluding hydrogens is 258 g/mol. The number of amides is 1. The van der Waals surface area contributed by atoms with Gasteiger partial charge in [0.1, 0.15) is 0 Å². The molecule has 0 aliphatic heterocycles. The van der Waals surface area contributed by atoms with Crippen molar-refractivity contribution in [3.63, 3.8) is 0 Å². The number of carbonyl (C=O) groups excluding carboxylic acids is 2. The van der Waals surface area contributed by atoms with Crippen LogP contribution in [-0.2, 0) is 9.53 Å². The number of halogens is 2. The van der Waals surface area contributed by atoms with Gasteiger partial charge in [-0.25, -0.2) is 13.6 Å². The van der Waals surface area contributed by atoms with Gasteiger partial charge in [-0.1, -0.05) is 0 Å². The summed E-state index contributed by atoms with van der Waals surface area (Å²) in [6.45, 7) is 3.45. The van der Waals surface area contributed by atoms with E-state index in [0.29, 0.717) is 18.7 Å². The summed E-state index contributed by atoms with van der Waals surface area (Å²) in [6, 6.07) is 1.32. The molecule has 0 saturated heterocycles. The summed E-state index contributed by atoms with van der Waals surface area (Å²) < 4.78 is 30.7. The van der Waals surface area contributed by atoms with Crippen molar-refractivity contribution < 1.29 is 23.1 Å². The minimum absolute atomic E-state index is 0.257. The van der Waals surface area contributed by atoms with Crippen LogP contribution in [0.25, 0.3) is 0 Å². The van der Waals surface area contributed by atoms with Crippen LogP contribution in [0.3, 0.4) is 0 Å². The van der Waals surface area contributed by atoms with Crippen LogP contribution >= 0.6 is 0 Å². The van der Waals surface area contributed by atoms with Gasteiger partial charge in [-0.2, -0.15) is 0 Å². The van der Waals surface area contributed by atoms with Gasteiger partial charge < -0.3 is 15.8 Å². The van der Waals surface area contributed by atoms with Crippen LogP contribution in [0.1, 0.15) is 24.2 Å². The largest absolute Gasteiger partial charge is 0.449 e. The summed E-state index contributed by atoms with van der Waals surface area (Å²) in [5.41, 5.74) is 4.81. The van der Waals surface area contributed by atoms with Crippen LogP contribution in [0.15, 0.2) is 12.1 Å². The van der Waals surface area contributed by atoms with E-state index in [1.807, 2.05) is 0 Å². The summed E-state index contributed by atoms with van der Waals surface area (Å²) in [6.07, 6.45) is -1.06. The molecule has 7 heteroatoms. The Bertz CT molecular complexity index is 506. The van der Waals surface area contributed by atoms with Crippen molar-refractivity contribution in [2.24, 2.45) is 0 Å². The van der Waals surface area contributed by atoms with E-state index in [2.05, 4.69) is 5.32 Å². The molecule has 104 valence electrons. The maximum atomic E-state index is 13.0. The van der Waals surface area contributed by atoms with Gasteiger partial charge in [0.05, 0.1) is 5.56 Å². The maximum absolute atomic E-state index is 13.0. The molecule has 1 amide bonds. The molecule has 0 bridgehead atoms. The van der Waals surface area contributed by atoms with Gasteiger partial charge in [0, 0.05) is 18.3 Å². The number of hydrogen-bond donors (Lipinski definition) is 2. The minimum atomic E-state index is -1.22. The van der Waals surface area contributed by atoms with E-state index >= 15 is 0 Å². The molecule has 0 spiro atoms. The van der Waals surface area contributed by atoms with Gasteiger partial charge in [-0.3, -0.25) is 4.79 Å². The monoisotopic (exact) mass is 272 g/mol. The van der Waals surface area contributed by atoms with Gasteiger partial charge in [-0.05, 0) is 19.9 Å². The van der Waals surface area contributed by atoms with Crippen LogP contribution in [0.2, 0.25) is 0 Å². The lowest BCUT2D eigenvalue weighted by atomic mass is 10.1. The Hall–Kier alpha value is -2.18. The molecule has 0 saturated carbocycles. The second-order valence-electron chi connectivity index (χ2n) is 3.80. The normalized spacial score (nSPS) is 11.8. The first-order valence-electron chi connectivity index (χ1n) is 5.60. The van der Waals surface area contributed by atoms with Crippen LogP contribution in [0.5, 0.6) is 0 Å². The van der Waals surface area contributed by atoms with Crippen molar-refractivity contribution in [1.82, 2.24) is 5.32 Å². The number of benzene rings is 1. The van der Waals surface area contributed by atoms with Gasteiger partial charge in [0.25, 0.3) is 5.91 Å². The van der Waals surface area contributed by atoms with Crippen molar-refractivity contribution >= 4 is 17.6 Å². The Morgan fingerprint density at radius 1 is 1.37 bits per heavy atom. The topological polar surface area (TPSA) is 81.4 Å². The first-order chi connectivity index (χ1) is 8.86. The summed E-state index contributed by atoms with van der Waals surface area (Å²) in [5.74, 6) is -3.86. The zero-order valence-corrected chi connectivity index (χ0v) is 10.5. The molecule has 0 aliphatic rings. The van der Waals surface area contributed by atoms with Gasteiger partial charge >= 0.3 is 5.97 Å². The third-order valence-electron chi connectivity index (χ3n) is 2.32. The third-order valence-corrected chi connectivity index (χ3v) is 2.32. The average molecular weight is 272 g/mol. The lowest BCUT2D eigenvalue weighted by molar-refractivity contribution is -0.128. The summed E-state index contributed by atoms with van der Waals surface area (Å²) in [7, 11) is 0. The molecular formula is C12H14F2N2O3. The fourth-order valence-corrected chi connectivity index (χ4v) is 1.33. The second-order valence-corrected chi connectivity index (χ2v) is 3.80. The molecule has 0 heterocycles. The smallest absolute Gasteiger partial charge is 0.341 e. The lowest BCUT2D eigenvalue weighted by Crippen LogP contribution is -2.35. The van der Waals surface area contributed by atoms with E-state index in [4.69, 9.17) is 10.5 Å². The van der Waals surface area contributed by atoms with Gasteiger partial charge in [0.2, 0.25) is 0 Å². The Balaban J connectivity index is 2.84. The molecule has 5 nitrogen and oxygen atoms in total. The zero-order chi connectivity index (χ0) is 14.6. The molecule has 1 atom stereocenters. The summed E-state index contributed by atoms with van der Waals surface area (Å²) >= 11 is 0. The Morgan fingerprint density at radius 2 is 1.95 bits per heavy atom. The van der Waals surface area contributed by atoms with Gasteiger partial charge in [0.15, 0.2) is 17.7 Å². The minimum Gasteiger partial charge on any atom is -0.449 e. The predicted octanol–water partition coefficient (Wildman–Crippen LogP) is 1.23. The Kier molecular flexibility index (Phi) is 4.80. The number of hydrogen-bond acceptors (Lipinski definition) is 4. The molecule has 0 radical (unpaired) electrons. The quantitative estimate of drug-likeness (QED) is 0.638. The number of anilines is 1. The molecule has 1 unspecified atom stereocenters. The van der Waals surface area contributed by atoms with Gasteiger partial charge in [-0.15, -0.1) is 0 Å². The standard InChI is InChI=1S/C12H14F2N2O3/c1-3-16-11(17)6(2)19-12(18)7-4-8(13)9(14)5-10(7)15/h4-6H,3,15H2,1-2H3,(H,16,17). The molecule has 1 aromatic rings. The highest BCUT2D eigenvalue weighted by Gasteiger charge is 2.21. The number of rotatable bonds is 4. The fourth-order valence-electron chi connectivity index (χ4n) is 1.33. The van der Waals surface area contributed by atoms with Crippen molar-refractivity contribution in [3.8, 4) is 0 Å². The van der Waals surface area contributed by atoms with E-state index < -0.39 is 29.6 Å². The number of carbonyl (C=O) groups is 2. The molecule has 1 rings (SSSR count). The Morgan fingerprint density at radius 3 is 2.53 bits per heavy atom. The van der Waals surface area contributed by atoms with Crippen molar-refractivity contribution in [1.29, 1.82) is 0 Å². The second kappa shape index (κ2) is 6.12. The highest BCUT2D eigenvalue weighted by Crippen LogP contribution is 2.18. The van der Waals surface area contributed by atoms with Crippen LogP contribution in [-0.4, -0.2) is 24.5 Å². The molecule has 1 aromatic carbocycles. The predicted molar refractivity (Wildman–Crippen MR) is 64.3 cm³/mol. The highest BCUT2D eigenvalue weighted by atomic mass is 19.2. The molecule has 3 N–H and O–H groups in total. The van der Waals surface area contributed by atoms with Crippen molar-refractivity contribution in [3.05, 3.63) is 29.3 Å². The number of nitrogens with one attached hydrogen (secondary N) is 1. The number of likely N-dealkylation sites (N-methyl/N-ethyl adjacent to an activating group) is 1.